The quantitative estimate of drug-likeness (QED) is 0.717. The number of nitrogens with one attached hydrogen (secondary N) is 1. The molecule has 3 rings (SSSR count). The standard InChI is InChI=1S/C20H23ClN2O5/c1-26-17-10-15(18(27-2)9-14(17)21)22-20(25)23(13-5-6-13)11-12-4-7-16(24)19(8-12)28-3/h4,7-10,13,24H,5-6,11H2,1-3H3,(H,22,25). The summed E-state index contributed by atoms with van der Waals surface area (Å²) in [6.45, 7) is 0.389. The summed E-state index contributed by atoms with van der Waals surface area (Å²) in [7, 11) is 4.51. The molecule has 1 saturated carbocycles. The van der Waals surface area contributed by atoms with Crippen LogP contribution >= 0.6 is 11.6 Å². The summed E-state index contributed by atoms with van der Waals surface area (Å²) in [5.41, 5.74) is 1.33. The highest BCUT2D eigenvalue weighted by atomic mass is 35.5. The Bertz CT molecular complexity index is 870. The van der Waals surface area contributed by atoms with Crippen LogP contribution < -0.4 is 19.5 Å². The molecule has 7 nitrogen and oxygen atoms in total. The number of hydrogen-bond acceptors (Lipinski definition) is 5. The van der Waals surface area contributed by atoms with Gasteiger partial charge in [-0.2, -0.15) is 0 Å². The number of phenols is 1. The number of carbonyl (C=O) groups is 1. The van der Waals surface area contributed by atoms with Crippen LogP contribution in [-0.4, -0.2) is 43.4 Å². The molecule has 28 heavy (non-hydrogen) atoms. The minimum Gasteiger partial charge on any atom is -0.504 e. The Hall–Kier alpha value is -2.80. The zero-order valence-electron chi connectivity index (χ0n) is 16.0. The fraction of sp³-hybridized carbons (Fsp3) is 0.350. The molecule has 150 valence electrons. The largest absolute Gasteiger partial charge is 0.504 e. The Kier molecular flexibility index (Phi) is 6.04. The normalized spacial score (nSPS) is 13.0. The molecule has 2 aromatic carbocycles. The van der Waals surface area contributed by atoms with E-state index in [0.717, 1.165) is 18.4 Å². The number of hydrogen-bond donors (Lipinski definition) is 2. The highest BCUT2D eigenvalue weighted by molar-refractivity contribution is 6.32. The van der Waals surface area contributed by atoms with Gasteiger partial charge in [0.1, 0.15) is 11.5 Å². The van der Waals surface area contributed by atoms with Gasteiger partial charge in [0, 0.05) is 24.7 Å². The Morgan fingerprint density at radius 1 is 1.11 bits per heavy atom. The summed E-state index contributed by atoms with van der Waals surface area (Å²) in [6.07, 6.45) is 1.90. The van der Waals surface area contributed by atoms with E-state index in [0.29, 0.717) is 34.5 Å². The van der Waals surface area contributed by atoms with Gasteiger partial charge >= 0.3 is 6.03 Å². The molecular weight excluding hydrogens is 384 g/mol. The molecule has 1 aliphatic rings. The van der Waals surface area contributed by atoms with Crippen LogP contribution in [0.2, 0.25) is 5.02 Å². The molecule has 1 aliphatic carbocycles. The van der Waals surface area contributed by atoms with Gasteiger partial charge in [0.15, 0.2) is 11.5 Å². The van der Waals surface area contributed by atoms with Crippen molar-refractivity contribution in [1.29, 1.82) is 0 Å². The lowest BCUT2D eigenvalue weighted by Gasteiger charge is -2.24. The third kappa shape index (κ3) is 4.36. The summed E-state index contributed by atoms with van der Waals surface area (Å²) in [5.74, 6) is 1.32. The molecule has 0 radical (unpaired) electrons. The number of nitrogens with zero attached hydrogens (tertiary/aromatic N) is 1. The first-order valence-electron chi connectivity index (χ1n) is 8.81. The third-order valence-corrected chi connectivity index (χ3v) is 4.86. The first kappa shape index (κ1) is 19.9. The molecule has 1 fully saturated rings. The van der Waals surface area contributed by atoms with E-state index in [-0.39, 0.29) is 17.8 Å². The lowest BCUT2D eigenvalue weighted by molar-refractivity contribution is 0.206. The van der Waals surface area contributed by atoms with Gasteiger partial charge in [0.25, 0.3) is 0 Å². The number of amides is 2. The van der Waals surface area contributed by atoms with Crippen LogP contribution in [0.25, 0.3) is 0 Å². The molecule has 2 amide bonds. The highest BCUT2D eigenvalue weighted by Gasteiger charge is 2.33. The van der Waals surface area contributed by atoms with Gasteiger partial charge in [-0.15, -0.1) is 0 Å². The van der Waals surface area contributed by atoms with Crippen molar-refractivity contribution in [2.24, 2.45) is 0 Å². The van der Waals surface area contributed by atoms with E-state index in [4.69, 9.17) is 25.8 Å². The Balaban J connectivity index is 1.81. The number of urea groups is 1. The van der Waals surface area contributed by atoms with Crippen LogP contribution in [-0.2, 0) is 6.54 Å². The molecule has 0 spiro atoms. The summed E-state index contributed by atoms with van der Waals surface area (Å²) in [4.78, 5) is 14.7. The van der Waals surface area contributed by atoms with Crippen molar-refractivity contribution < 1.29 is 24.1 Å². The molecule has 0 atom stereocenters. The Morgan fingerprint density at radius 3 is 2.39 bits per heavy atom. The fourth-order valence-corrected chi connectivity index (χ4v) is 3.15. The smallest absolute Gasteiger partial charge is 0.322 e. The van der Waals surface area contributed by atoms with Crippen molar-refractivity contribution in [3.63, 3.8) is 0 Å². The number of benzene rings is 2. The maximum absolute atomic E-state index is 13.0. The van der Waals surface area contributed by atoms with Crippen LogP contribution in [0.1, 0.15) is 18.4 Å². The van der Waals surface area contributed by atoms with Crippen LogP contribution in [0.4, 0.5) is 10.5 Å². The van der Waals surface area contributed by atoms with Gasteiger partial charge in [-0.3, -0.25) is 0 Å². The fourth-order valence-electron chi connectivity index (χ4n) is 2.92. The second kappa shape index (κ2) is 8.48. The van der Waals surface area contributed by atoms with Crippen molar-refractivity contribution in [3.8, 4) is 23.0 Å². The van der Waals surface area contributed by atoms with Gasteiger partial charge in [-0.25, -0.2) is 4.79 Å². The number of carbonyl (C=O) groups excluding carboxylic acids is 1. The Morgan fingerprint density at radius 2 is 1.79 bits per heavy atom. The molecule has 0 saturated heterocycles. The second-order valence-corrected chi connectivity index (χ2v) is 6.89. The molecule has 0 aliphatic heterocycles. The third-order valence-electron chi connectivity index (χ3n) is 4.56. The van der Waals surface area contributed by atoms with Gasteiger partial charge in [0.2, 0.25) is 0 Å². The van der Waals surface area contributed by atoms with Crippen molar-refractivity contribution in [3.05, 3.63) is 40.9 Å². The zero-order valence-corrected chi connectivity index (χ0v) is 16.7. The molecular formula is C20H23ClN2O5. The monoisotopic (exact) mass is 406 g/mol. The van der Waals surface area contributed by atoms with Crippen LogP contribution in [0.15, 0.2) is 30.3 Å². The topological polar surface area (TPSA) is 80.3 Å². The molecule has 2 aromatic rings. The molecule has 0 bridgehead atoms. The van der Waals surface area contributed by atoms with Crippen molar-refractivity contribution in [1.82, 2.24) is 4.90 Å². The number of rotatable bonds is 7. The first-order chi connectivity index (χ1) is 13.5. The molecule has 2 N–H and O–H groups in total. The van der Waals surface area contributed by atoms with Crippen LogP contribution in [0, 0.1) is 0 Å². The summed E-state index contributed by atoms with van der Waals surface area (Å²) >= 11 is 6.13. The Labute approximate surface area is 168 Å². The van der Waals surface area contributed by atoms with E-state index in [1.807, 2.05) is 0 Å². The van der Waals surface area contributed by atoms with Crippen LogP contribution in [0.3, 0.4) is 0 Å². The molecule has 0 aromatic heterocycles. The predicted molar refractivity (Wildman–Crippen MR) is 107 cm³/mol. The van der Waals surface area contributed by atoms with Gasteiger partial charge in [-0.05, 0) is 30.5 Å². The minimum absolute atomic E-state index is 0.0617. The number of ether oxygens (including phenoxy) is 3. The maximum Gasteiger partial charge on any atom is 0.322 e. The van der Waals surface area contributed by atoms with Gasteiger partial charge in [0.05, 0.1) is 32.0 Å². The predicted octanol–water partition coefficient (Wildman–Crippen LogP) is 4.27. The highest BCUT2D eigenvalue weighted by Crippen LogP contribution is 2.37. The average Bonchev–Trinajstić information content (AvgIpc) is 3.53. The maximum atomic E-state index is 13.0. The number of halogens is 1. The van der Waals surface area contributed by atoms with Crippen molar-refractivity contribution >= 4 is 23.3 Å². The number of aromatic hydroxyl groups is 1. The van der Waals surface area contributed by atoms with E-state index in [1.54, 1.807) is 35.2 Å². The minimum atomic E-state index is -0.253. The van der Waals surface area contributed by atoms with E-state index in [1.165, 1.54) is 21.3 Å². The van der Waals surface area contributed by atoms with Crippen molar-refractivity contribution in [2.45, 2.75) is 25.4 Å². The summed E-state index contributed by atoms with van der Waals surface area (Å²) < 4.78 is 15.7. The number of anilines is 1. The zero-order chi connectivity index (χ0) is 20.3. The van der Waals surface area contributed by atoms with E-state index < -0.39 is 0 Å². The average molecular weight is 407 g/mol. The van der Waals surface area contributed by atoms with Crippen molar-refractivity contribution in [2.75, 3.05) is 26.6 Å². The first-order valence-corrected chi connectivity index (χ1v) is 9.19. The van der Waals surface area contributed by atoms with Crippen LogP contribution in [0.5, 0.6) is 23.0 Å². The molecule has 0 heterocycles. The molecule has 8 heteroatoms. The number of phenolic OH excluding ortho intramolecular Hbond substituents is 1. The van der Waals surface area contributed by atoms with Gasteiger partial charge < -0.3 is 29.5 Å². The number of methoxy groups -OCH3 is 3. The summed E-state index contributed by atoms with van der Waals surface area (Å²) in [5, 5.41) is 13.1. The van der Waals surface area contributed by atoms with E-state index >= 15 is 0 Å². The van der Waals surface area contributed by atoms with Gasteiger partial charge in [-0.1, -0.05) is 17.7 Å². The molecule has 0 unspecified atom stereocenters. The lowest BCUT2D eigenvalue weighted by atomic mass is 10.2. The van der Waals surface area contributed by atoms with E-state index in [9.17, 15) is 9.90 Å². The lowest BCUT2D eigenvalue weighted by Crippen LogP contribution is -2.36. The SMILES string of the molecule is COc1cc(CN(C(=O)Nc2cc(OC)c(Cl)cc2OC)C2CC2)ccc1O. The summed E-state index contributed by atoms with van der Waals surface area (Å²) in [6, 6.07) is 8.20. The van der Waals surface area contributed by atoms with E-state index in [2.05, 4.69) is 5.32 Å². The second-order valence-electron chi connectivity index (χ2n) is 6.48.